The lowest BCUT2D eigenvalue weighted by atomic mass is 10.1. The maximum absolute atomic E-state index is 13.4. The van der Waals surface area contributed by atoms with Crippen molar-refractivity contribution in [3.8, 4) is 0 Å². The monoisotopic (exact) mass is 372 g/mol. The van der Waals surface area contributed by atoms with Gasteiger partial charge in [0, 0.05) is 10.7 Å². The number of hydrogen-bond donors (Lipinski definition) is 0. The molecule has 0 heterocycles. The predicted octanol–water partition coefficient (Wildman–Crippen LogP) is 4.42. The minimum absolute atomic E-state index is 0.149. The number of hydrogen-bond acceptors (Lipinski definition) is 0. The third kappa shape index (κ3) is 3.03. The minimum atomic E-state index is -0.149. The Labute approximate surface area is 102 Å². The van der Waals surface area contributed by atoms with Crippen molar-refractivity contribution in [2.75, 3.05) is 5.33 Å². The van der Waals surface area contributed by atoms with Crippen LogP contribution in [0.25, 0.3) is 0 Å². The Morgan fingerprint density at radius 3 is 2.46 bits per heavy atom. The number of halogens is 4. The molecule has 1 rings (SSSR count). The van der Waals surface area contributed by atoms with Gasteiger partial charge in [0.1, 0.15) is 5.82 Å². The van der Waals surface area contributed by atoms with Gasteiger partial charge in [0.2, 0.25) is 0 Å². The van der Waals surface area contributed by atoms with E-state index in [0.717, 1.165) is 21.8 Å². The van der Waals surface area contributed by atoms with Crippen molar-refractivity contribution in [3.05, 3.63) is 33.5 Å². The average Bonchev–Trinajstić information content (AvgIpc) is 2.13. The van der Waals surface area contributed by atoms with E-state index in [1.165, 1.54) is 0 Å². The molecule has 0 aliphatic heterocycles. The summed E-state index contributed by atoms with van der Waals surface area (Å²) >= 11 is 9.84. The molecule has 0 spiro atoms. The summed E-state index contributed by atoms with van der Waals surface area (Å²) in [6.07, 6.45) is 0.714. The van der Waals surface area contributed by atoms with E-state index in [4.69, 9.17) is 0 Å². The maximum atomic E-state index is 13.4. The molecule has 72 valence electrons. The first kappa shape index (κ1) is 11.7. The summed E-state index contributed by atoms with van der Waals surface area (Å²) in [4.78, 5) is 0. The Morgan fingerprint density at radius 2 is 1.92 bits per heavy atom. The quantitative estimate of drug-likeness (QED) is 0.687. The highest BCUT2D eigenvalue weighted by atomic mass is 79.9. The largest absolute Gasteiger partial charge is 0.205 e. The molecule has 4 heteroatoms. The van der Waals surface area contributed by atoms with Crippen LogP contribution in [0.2, 0.25) is 0 Å². The van der Waals surface area contributed by atoms with Crippen LogP contribution in [0, 0.1) is 5.82 Å². The standard InChI is InChI=1S/C9H8Br3F/c10-2-1-7-3-6(5-11)4-8(12)9(7)13/h3-4H,1-2,5H2. The summed E-state index contributed by atoms with van der Waals surface area (Å²) in [5.41, 5.74) is 1.84. The van der Waals surface area contributed by atoms with Crippen LogP contribution in [0.3, 0.4) is 0 Å². The van der Waals surface area contributed by atoms with E-state index in [2.05, 4.69) is 47.8 Å². The number of alkyl halides is 2. The summed E-state index contributed by atoms with van der Waals surface area (Å²) in [5, 5.41) is 1.53. The van der Waals surface area contributed by atoms with E-state index in [1.807, 2.05) is 6.07 Å². The van der Waals surface area contributed by atoms with Crippen molar-refractivity contribution in [2.24, 2.45) is 0 Å². The molecule has 0 nitrogen and oxygen atoms in total. The Balaban J connectivity index is 3.09. The molecule has 1 aromatic carbocycles. The Morgan fingerprint density at radius 1 is 1.23 bits per heavy atom. The van der Waals surface area contributed by atoms with Crippen LogP contribution in [0.5, 0.6) is 0 Å². The minimum Gasteiger partial charge on any atom is -0.205 e. The fourth-order valence-corrected chi connectivity index (χ4v) is 2.37. The number of benzene rings is 1. The first-order valence-electron chi connectivity index (χ1n) is 3.77. The van der Waals surface area contributed by atoms with Crippen molar-refractivity contribution < 1.29 is 4.39 Å². The highest BCUT2D eigenvalue weighted by Crippen LogP contribution is 2.23. The van der Waals surface area contributed by atoms with Crippen LogP contribution in [-0.4, -0.2) is 5.33 Å². The molecule has 0 saturated heterocycles. The molecule has 0 radical (unpaired) electrons. The lowest BCUT2D eigenvalue weighted by molar-refractivity contribution is 0.605. The van der Waals surface area contributed by atoms with Gasteiger partial charge in [0.25, 0.3) is 0 Å². The van der Waals surface area contributed by atoms with Crippen LogP contribution in [0.1, 0.15) is 11.1 Å². The van der Waals surface area contributed by atoms with Gasteiger partial charge in [-0.1, -0.05) is 37.9 Å². The van der Waals surface area contributed by atoms with Gasteiger partial charge in [-0.05, 0) is 39.5 Å². The fourth-order valence-electron chi connectivity index (χ4n) is 1.07. The Hall–Kier alpha value is 0.590. The second kappa shape index (κ2) is 5.47. The van der Waals surface area contributed by atoms with Gasteiger partial charge < -0.3 is 0 Å². The van der Waals surface area contributed by atoms with Crippen molar-refractivity contribution in [1.82, 2.24) is 0 Å². The smallest absolute Gasteiger partial charge is 0.140 e. The van der Waals surface area contributed by atoms with Crippen molar-refractivity contribution in [2.45, 2.75) is 11.8 Å². The molecule has 0 bridgehead atoms. The molecule has 0 atom stereocenters. The molecule has 0 aliphatic rings. The summed E-state index contributed by atoms with van der Waals surface area (Å²) in [7, 11) is 0. The normalized spacial score (nSPS) is 10.5. The SMILES string of the molecule is Fc1c(Br)cc(CBr)cc1CCBr. The van der Waals surface area contributed by atoms with Gasteiger partial charge in [-0.3, -0.25) is 0 Å². The van der Waals surface area contributed by atoms with Crippen LogP contribution < -0.4 is 0 Å². The lowest BCUT2D eigenvalue weighted by Crippen LogP contribution is -1.95. The molecule has 13 heavy (non-hydrogen) atoms. The molecule has 0 amide bonds. The van der Waals surface area contributed by atoms with Crippen LogP contribution in [0.4, 0.5) is 4.39 Å². The highest BCUT2D eigenvalue weighted by Gasteiger charge is 2.07. The highest BCUT2D eigenvalue weighted by molar-refractivity contribution is 9.10. The molecule has 0 saturated carbocycles. The Kier molecular flexibility index (Phi) is 4.90. The predicted molar refractivity (Wildman–Crippen MR) is 64.2 cm³/mol. The van der Waals surface area contributed by atoms with E-state index in [-0.39, 0.29) is 5.82 Å². The average molecular weight is 375 g/mol. The zero-order valence-corrected chi connectivity index (χ0v) is 11.5. The van der Waals surface area contributed by atoms with Gasteiger partial charge >= 0.3 is 0 Å². The molecule has 0 unspecified atom stereocenters. The molecular weight excluding hydrogens is 367 g/mol. The molecule has 0 aliphatic carbocycles. The molecule has 0 aromatic heterocycles. The van der Waals surface area contributed by atoms with Gasteiger partial charge in [0.05, 0.1) is 4.47 Å². The van der Waals surface area contributed by atoms with Crippen LogP contribution in [0.15, 0.2) is 16.6 Å². The molecule has 0 N–H and O–H groups in total. The van der Waals surface area contributed by atoms with E-state index in [1.54, 1.807) is 6.07 Å². The third-order valence-electron chi connectivity index (χ3n) is 1.68. The van der Waals surface area contributed by atoms with Crippen LogP contribution >= 0.6 is 47.8 Å². The molecular formula is C9H8Br3F. The topological polar surface area (TPSA) is 0 Å². The van der Waals surface area contributed by atoms with Gasteiger partial charge in [-0.15, -0.1) is 0 Å². The van der Waals surface area contributed by atoms with Crippen molar-refractivity contribution >= 4 is 47.8 Å². The summed E-state index contributed by atoms with van der Waals surface area (Å²) in [6.45, 7) is 0. The van der Waals surface area contributed by atoms with E-state index in [0.29, 0.717) is 10.9 Å². The van der Waals surface area contributed by atoms with Gasteiger partial charge in [0.15, 0.2) is 0 Å². The number of aryl methyl sites for hydroxylation is 1. The maximum Gasteiger partial charge on any atom is 0.140 e. The van der Waals surface area contributed by atoms with E-state index >= 15 is 0 Å². The van der Waals surface area contributed by atoms with Crippen LogP contribution in [-0.2, 0) is 11.8 Å². The van der Waals surface area contributed by atoms with Crippen molar-refractivity contribution in [1.29, 1.82) is 0 Å². The summed E-state index contributed by atoms with van der Waals surface area (Å²) < 4.78 is 14.0. The van der Waals surface area contributed by atoms with Crippen molar-refractivity contribution in [3.63, 3.8) is 0 Å². The summed E-state index contributed by atoms with van der Waals surface area (Å²) in [5.74, 6) is -0.149. The third-order valence-corrected chi connectivity index (χ3v) is 3.30. The fraction of sp³-hybridized carbons (Fsp3) is 0.333. The Bertz CT molecular complexity index is 299. The van der Waals surface area contributed by atoms with E-state index in [9.17, 15) is 4.39 Å². The summed E-state index contributed by atoms with van der Waals surface area (Å²) in [6, 6.07) is 3.68. The lowest BCUT2D eigenvalue weighted by Gasteiger charge is -2.05. The zero-order chi connectivity index (χ0) is 9.84. The second-order valence-electron chi connectivity index (χ2n) is 2.62. The first-order valence-corrected chi connectivity index (χ1v) is 6.81. The molecule has 0 fully saturated rings. The van der Waals surface area contributed by atoms with Gasteiger partial charge in [-0.25, -0.2) is 4.39 Å². The van der Waals surface area contributed by atoms with E-state index < -0.39 is 0 Å². The zero-order valence-electron chi connectivity index (χ0n) is 6.79. The van der Waals surface area contributed by atoms with Gasteiger partial charge in [-0.2, -0.15) is 0 Å². The first-order chi connectivity index (χ1) is 6.19. The number of rotatable bonds is 3. The molecule has 1 aromatic rings. The second-order valence-corrected chi connectivity index (χ2v) is 4.83.